The maximum absolute atomic E-state index is 13.0. The second-order valence-electron chi connectivity index (χ2n) is 7.93. The third kappa shape index (κ3) is 3.91. The second-order valence-corrected chi connectivity index (χ2v) is 7.93. The number of fused-ring (bicyclic) bond motifs is 1. The van der Waals surface area contributed by atoms with E-state index in [4.69, 9.17) is 0 Å². The number of nitrogens with one attached hydrogen (secondary N) is 1. The molecule has 0 saturated heterocycles. The third-order valence-corrected chi connectivity index (χ3v) is 5.47. The summed E-state index contributed by atoms with van der Waals surface area (Å²) in [5.74, 6) is -1.35. The number of hydrogen-bond acceptors (Lipinski definition) is 6. The number of pyridine rings is 1. The normalized spacial score (nSPS) is 14.9. The van der Waals surface area contributed by atoms with Crippen LogP contribution in [0.4, 0.5) is 4.39 Å². The van der Waals surface area contributed by atoms with Gasteiger partial charge in [-0.25, -0.2) is 9.37 Å². The minimum absolute atomic E-state index is 0.106. The number of hydrogen-bond donors (Lipinski definition) is 2. The quantitative estimate of drug-likeness (QED) is 0.652. The fourth-order valence-corrected chi connectivity index (χ4v) is 3.62. The maximum atomic E-state index is 13.0. The van der Waals surface area contributed by atoms with Gasteiger partial charge in [0.25, 0.3) is 11.5 Å². The first-order chi connectivity index (χ1) is 14.8. The minimum Gasteiger partial charge on any atom is -0.501 e. The number of nitrogens with zero attached hydrogens (tertiary/aromatic N) is 4. The molecular weight excluding hydrogens is 401 g/mol. The highest BCUT2D eigenvalue weighted by molar-refractivity contribution is 5.94. The molecule has 0 atom stereocenters. The highest BCUT2D eigenvalue weighted by Crippen LogP contribution is 2.34. The Labute approximate surface area is 178 Å². The summed E-state index contributed by atoms with van der Waals surface area (Å²) < 4.78 is 14.4. The number of halogens is 1. The Morgan fingerprint density at radius 3 is 2.65 bits per heavy atom. The van der Waals surface area contributed by atoms with Crippen molar-refractivity contribution < 1.29 is 14.3 Å². The van der Waals surface area contributed by atoms with Crippen LogP contribution < -0.4 is 10.9 Å². The van der Waals surface area contributed by atoms with Gasteiger partial charge in [0.15, 0.2) is 5.69 Å². The smallest absolute Gasteiger partial charge is 0.297 e. The van der Waals surface area contributed by atoms with Gasteiger partial charge in [0, 0.05) is 25.5 Å². The van der Waals surface area contributed by atoms with E-state index in [0.29, 0.717) is 17.9 Å². The lowest BCUT2D eigenvalue weighted by Crippen LogP contribution is -2.36. The van der Waals surface area contributed by atoms with Crippen molar-refractivity contribution >= 4 is 5.91 Å². The van der Waals surface area contributed by atoms with E-state index in [1.165, 1.54) is 16.7 Å². The van der Waals surface area contributed by atoms with Crippen LogP contribution in [-0.2, 0) is 25.3 Å². The Kier molecular flexibility index (Phi) is 5.28. The zero-order valence-corrected chi connectivity index (χ0v) is 17.2. The molecule has 2 N–H and O–H groups in total. The van der Waals surface area contributed by atoms with Gasteiger partial charge in [-0.2, -0.15) is 0 Å². The molecule has 0 bridgehead atoms. The van der Waals surface area contributed by atoms with Gasteiger partial charge in [-0.3, -0.25) is 24.0 Å². The molecule has 1 aromatic carbocycles. The van der Waals surface area contributed by atoms with Gasteiger partial charge in [0.2, 0.25) is 5.75 Å². The van der Waals surface area contributed by atoms with Gasteiger partial charge in [-0.1, -0.05) is 18.2 Å². The first-order valence-electron chi connectivity index (χ1n) is 9.78. The zero-order chi connectivity index (χ0) is 22.2. The maximum Gasteiger partial charge on any atom is 0.297 e. The minimum atomic E-state index is -0.695. The SMILES string of the molecule is CC1(C)c2nc(C(=O)NCc3ccc(F)cc3)c(O)c(=O)n2CN1Cc1cccnc1. The molecule has 0 aliphatic carbocycles. The van der Waals surface area contributed by atoms with Crippen molar-refractivity contribution in [3.05, 3.63) is 87.6 Å². The van der Waals surface area contributed by atoms with Crippen molar-refractivity contribution in [3.8, 4) is 5.75 Å². The Bertz CT molecular complexity index is 1180. The van der Waals surface area contributed by atoms with Crippen molar-refractivity contribution in [2.45, 2.75) is 39.1 Å². The number of aromatic hydroxyl groups is 1. The molecule has 1 aliphatic rings. The lowest BCUT2D eigenvalue weighted by atomic mass is 10.0. The number of carbonyl (C=O) groups is 1. The molecule has 0 fully saturated rings. The number of aromatic nitrogens is 3. The molecule has 2 aromatic heterocycles. The van der Waals surface area contributed by atoms with Gasteiger partial charge < -0.3 is 10.4 Å². The Morgan fingerprint density at radius 2 is 1.97 bits per heavy atom. The van der Waals surface area contributed by atoms with Crippen LogP contribution in [0.1, 0.15) is 41.3 Å². The summed E-state index contributed by atoms with van der Waals surface area (Å²) >= 11 is 0. The van der Waals surface area contributed by atoms with E-state index in [-0.39, 0.29) is 24.7 Å². The summed E-state index contributed by atoms with van der Waals surface area (Å²) in [6, 6.07) is 9.44. The standard InChI is InChI=1S/C22H22FN5O3/c1-22(2)21-26-17(19(30)25-11-14-5-7-16(23)8-6-14)18(29)20(31)28(21)13-27(22)12-15-4-3-9-24-10-15/h3-10,29H,11-13H2,1-2H3,(H,25,30). The van der Waals surface area contributed by atoms with Crippen LogP contribution in [0.2, 0.25) is 0 Å². The van der Waals surface area contributed by atoms with E-state index < -0.39 is 22.8 Å². The van der Waals surface area contributed by atoms with Crippen molar-refractivity contribution in [3.63, 3.8) is 0 Å². The monoisotopic (exact) mass is 423 g/mol. The van der Waals surface area contributed by atoms with Crippen LogP contribution in [0.5, 0.6) is 5.75 Å². The van der Waals surface area contributed by atoms with Gasteiger partial charge in [0.05, 0.1) is 12.2 Å². The highest BCUT2D eigenvalue weighted by atomic mass is 19.1. The summed E-state index contributed by atoms with van der Waals surface area (Å²) in [5.41, 5.74) is -0.00400. The van der Waals surface area contributed by atoms with Crippen molar-refractivity contribution in [1.82, 2.24) is 24.8 Å². The van der Waals surface area contributed by atoms with Gasteiger partial charge >= 0.3 is 0 Å². The Balaban J connectivity index is 1.59. The first kappa shape index (κ1) is 20.7. The number of carbonyl (C=O) groups excluding carboxylic acids is 1. The van der Waals surface area contributed by atoms with Crippen LogP contribution in [0.25, 0.3) is 0 Å². The number of benzene rings is 1. The summed E-state index contributed by atoms with van der Waals surface area (Å²) in [6.07, 6.45) is 3.44. The average molecular weight is 423 g/mol. The fourth-order valence-electron chi connectivity index (χ4n) is 3.62. The molecule has 1 amide bonds. The lowest BCUT2D eigenvalue weighted by Gasteiger charge is -2.29. The molecule has 3 heterocycles. The second kappa shape index (κ2) is 7.92. The molecule has 0 radical (unpaired) electrons. The van der Waals surface area contributed by atoms with Gasteiger partial charge in [-0.05, 0) is 43.2 Å². The van der Waals surface area contributed by atoms with Gasteiger partial charge in [-0.15, -0.1) is 0 Å². The van der Waals surface area contributed by atoms with E-state index >= 15 is 0 Å². The third-order valence-electron chi connectivity index (χ3n) is 5.47. The molecule has 0 unspecified atom stereocenters. The Hall–Kier alpha value is -3.59. The molecule has 0 spiro atoms. The van der Waals surface area contributed by atoms with Crippen LogP contribution in [0, 0.1) is 5.82 Å². The molecule has 4 rings (SSSR count). The van der Waals surface area contributed by atoms with E-state index in [9.17, 15) is 19.1 Å². The number of rotatable bonds is 5. The van der Waals surface area contributed by atoms with E-state index in [0.717, 1.165) is 5.56 Å². The van der Waals surface area contributed by atoms with Crippen LogP contribution in [-0.4, -0.2) is 30.4 Å². The van der Waals surface area contributed by atoms with Crippen LogP contribution >= 0.6 is 0 Å². The molecule has 9 heteroatoms. The highest BCUT2D eigenvalue weighted by Gasteiger charge is 2.41. The van der Waals surface area contributed by atoms with Crippen molar-refractivity contribution in [2.75, 3.05) is 0 Å². The lowest BCUT2D eigenvalue weighted by molar-refractivity contribution is 0.0940. The topological polar surface area (TPSA) is 100 Å². The average Bonchev–Trinajstić information content (AvgIpc) is 3.00. The molecule has 0 saturated carbocycles. The van der Waals surface area contributed by atoms with Gasteiger partial charge in [0.1, 0.15) is 11.6 Å². The summed E-state index contributed by atoms with van der Waals surface area (Å²) in [5, 5.41) is 13.0. The van der Waals surface area contributed by atoms with E-state index in [1.54, 1.807) is 24.5 Å². The Morgan fingerprint density at radius 1 is 1.23 bits per heavy atom. The predicted octanol–water partition coefficient (Wildman–Crippen LogP) is 2.12. The van der Waals surface area contributed by atoms with Crippen molar-refractivity contribution in [2.24, 2.45) is 0 Å². The molecule has 3 aromatic rings. The predicted molar refractivity (Wildman–Crippen MR) is 111 cm³/mol. The fraction of sp³-hybridized carbons (Fsp3) is 0.273. The molecule has 8 nitrogen and oxygen atoms in total. The van der Waals surface area contributed by atoms with Crippen LogP contribution in [0.15, 0.2) is 53.6 Å². The summed E-state index contributed by atoms with van der Waals surface area (Å²) in [7, 11) is 0. The zero-order valence-electron chi connectivity index (χ0n) is 17.2. The first-order valence-corrected chi connectivity index (χ1v) is 9.78. The summed E-state index contributed by atoms with van der Waals surface area (Å²) in [6.45, 7) is 4.68. The van der Waals surface area contributed by atoms with Crippen LogP contribution in [0.3, 0.4) is 0 Å². The summed E-state index contributed by atoms with van der Waals surface area (Å²) in [4.78, 5) is 36.0. The van der Waals surface area contributed by atoms with E-state index in [1.807, 2.05) is 30.9 Å². The molecule has 160 valence electrons. The largest absolute Gasteiger partial charge is 0.501 e. The van der Waals surface area contributed by atoms with E-state index in [2.05, 4.69) is 15.3 Å². The molecule has 1 aliphatic heterocycles. The molecule has 31 heavy (non-hydrogen) atoms. The van der Waals surface area contributed by atoms with Crippen molar-refractivity contribution in [1.29, 1.82) is 0 Å². The molecular formula is C22H22FN5O3. The number of amides is 1.